The van der Waals surface area contributed by atoms with Gasteiger partial charge in [0.05, 0.1) is 11.6 Å². The lowest BCUT2D eigenvalue weighted by atomic mass is 10.1. The van der Waals surface area contributed by atoms with Crippen LogP contribution in [0.25, 0.3) is 0 Å². The van der Waals surface area contributed by atoms with Crippen LogP contribution in [-0.2, 0) is 4.79 Å². The predicted octanol–water partition coefficient (Wildman–Crippen LogP) is 0.909. The van der Waals surface area contributed by atoms with E-state index < -0.39 is 0 Å². The maximum absolute atomic E-state index is 12.3. The molecule has 0 radical (unpaired) electrons. The summed E-state index contributed by atoms with van der Waals surface area (Å²) in [7, 11) is 0. The van der Waals surface area contributed by atoms with Gasteiger partial charge in [-0.1, -0.05) is 6.07 Å². The van der Waals surface area contributed by atoms with Crippen molar-refractivity contribution in [2.24, 2.45) is 0 Å². The van der Waals surface area contributed by atoms with Crippen molar-refractivity contribution in [1.29, 1.82) is 5.26 Å². The molecule has 5 nitrogen and oxygen atoms in total. The molecular weight excluding hydrogens is 242 g/mol. The lowest BCUT2D eigenvalue weighted by Gasteiger charge is -2.17. The van der Waals surface area contributed by atoms with Crippen LogP contribution in [0.15, 0.2) is 24.3 Å². The summed E-state index contributed by atoms with van der Waals surface area (Å²) in [5, 5.41) is 11.6. The monoisotopic (exact) mass is 257 g/mol. The first-order chi connectivity index (χ1) is 9.10. The third kappa shape index (κ3) is 3.10. The van der Waals surface area contributed by atoms with Crippen molar-refractivity contribution < 1.29 is 9.59 Å². The Morgan fingerprint density at radius 2 is 2.26 bits per heavy atom. The summed E-state index contributed by atoms with van der Waals surface area (Å²) in [6.07, 6.45) is 0.767. The van der Waals surface area contributed by atoms with Crippen LogP contribution < -0.4 is 5.32 Å². The molecule has 1 N–H and O–H groups in total. The highest BCUT2D eigenvalue weighted by atomic mass is 16.2. The molecule has 2 amide bonds. The zero-order chi connectivity index (χ0) is 13.8. The van der Waals surface area contributed by atoms with Crippen molar-refractivity contribution >= 4 is 11.8 Å². The van der Waals surface area contributed by atoms with Gasteiger partial charge in [-0.05, 0) is 24.6 Å². The lowest BCUT2D eigenvalue weighted by Crippen LogP contribution is -2.37. The van der Waals surface area contributed by atoms with Crippen molar-refractivity contribution in [2.45, 2.75) is 19.4 Å². The van der Waals surface area contributed by atoms with Gasteiger partial charge >= 0.3 is 0 Å². The van der Waals surface area contributed by atoms with Crippen molar-refractivity contribution in [2.75, 3.05) is 13.1 Å². The molecule has 1 saturated heterocycles. The molecule has 1 unspecified atom stereocenters. The summed E-state index contributed by atoms with van der Waals surface area (Å²) in [4.78, 5) is 24.9. The molecule has 1 fully saturated rings. The lowest BCUT2D eigenvalue weighted by molar-refractivity contribution is -0.119. The second kappa shape index (κ2) is 5.53. The van der Waals surface area contributed by atoms with Gasteiger partial charge in [0.15, 0.2) is 0 Å². The van der Waals surface area contributed by atoms with Gasteiger partial charge < -0.3 is 10.2 Å². The molecular formula is C14H15N3O2. The van der Waals surface area contributed by atoms with E-state index in [0.717, 1.165) is 6.42 Å². The van der Waals surface area contributed by atoms with Gasteiger partial charge in [-0.25, -0.2) is 0 Å². The van der Waals surface area contributed by atoms with E-state index in [1.807, 2.05) is 6.07 Å². The van der Waals surface area contributed by atoms with Gasteiger partial charge in [-0.15, -0.1) is 0 Å². The molecule has 0 saturated carbocycles. The molecule has 1 atom stereocenters. The number of carbonyl (C=O) groups excluding carboxylic acids is 2. The number of benzene rings is 1. The number of carbonyl (C=O) groups is 2. The standard InChI is InChI=1S/C14H15N3O2/c1-10(18)16-13-5-6-17(9-13)14(19)12-4-2-3-11(7-12)8-15/h2-4,7,13H,5-6,9H2,1H3,(H,16,18). The SMILES string of the molecule is CC(=O)NC1CCN(C(=O)c2cccc(C#N)c2)C1. The van der Waals surface area contributed by atoms with Crippen molar-refractivity contribution in [3.8, 4) is 6.07 Å². The van der Waals surface area contributed by atoms with E-state index in [1.165, 1.54) is 6.92 Å². The van der Waals surface area contributed by atoms with Crippen LogP contribution in [0.2, 0.25) is 0 Å². The highest BCUT2D eigenvalue weighted by molar-refractivity contribution is 5.94. The summed E-state index contributed by atoms with van der Waals surface area (Å²) in [6, 6.07) is 8.71. The van der Waals surface area contributed by atoms with Gasteiger partial charge in [-0.3, -0.25) is 9.59 Å². The third-order valence-corrected chi connectivity index (χ3v) is 3.12. The van der Waals surface area contributed by atoms with Gasteiger partial charge in [0, 0.05) is 31.6 Å². The van der Waals surface area contributed by atoms with Crippen molar-refractivity contribution in [1.82, 2.24) is 10.2 Å². The summed E-state index contributed by atoms with van der Waals surface area (Å²) in [5.74, 6) is -0.171. The summed E-state index contributed by atoms with van der Waals surface area (Å²) < 4.78 is 0. The Bertz CT molecular complexity index is 548. The first-order valence-electron chi connectivity index (χ1n) is 6.16. The molecule has 2 rings (SSSR count). The molecule has 19 heavy (non-hydrogen) atoms. The minimum absolute atomic E-state index is 0.0283. The number of hydrogen-bond acceptors (Lipinski definition) is 3. The van der Waals surface area contributed by atoms with Crippen LogP contribution in [-0.4, -0.2) is 35.8 Å². The Morgan fingerprint density at radius 1 is 1.47 bits per heavy atom. The molecule has 1 aromatic rings. The van der Waals surface area contributed by atoms with Crippen molar-refractivity contribution in [3.05, 3.63) is 35.4 Å². The van der Waals surface area contributed by atoms with Crippen LogP contribution in [0.5, 0.6) is 0 Å². The van der Waals surface area contributed by atoms with E-state index in [9.17, 15) is 9.59 Å². The zero-order valence-electron chi connectivity index (χ0n) is 10.7. The van der Waals surface area contributed by atoms with E-state index in [-0.39, 0.29) is 17.9 Å². The fraction of sp³-hybridized carbons (Fsp3) is 0.357. The second-order valence-electron chi connectivity index (χ2n) is 4.63. The fourth-order valence-corrected chi connectivity index (χ4v) is 2.25. The first-order valence-corrected chi connectivity index (χ1v) is 6.16. The molecule has 5 heteroatoms. The van der Waals surface area contributed by atoms with E-state index in [2.05, 4.69) is 5.32 Å². The molecule has 1 aliphatic rings. The molecule has 0 aliphatic carbocycles. The van der Waals surface area contributed by atoms with Crippen LogP contribution in [0.1, 0.15) is 29.3 Å². The van der Waals surface area contributed by atoms with Crippen LogP contribution in [0.4, 0.5) is 0 Å². The molecule has 98 valence electrons. The summed E-state index contributed by atoms with van der Waals surface area (Å²) >= 11 is 0. The average molecular weight is 257 g/mol. The first kappa shape index (κ1) is 13.1. The minimum Gasteiger partial charge on any atom is -0.352 e. The van der Waals surface area contributed by atoms with E-state index in [0.29, 0.717) is 24.2 Å². The predicted molar refractivity (Wildman–Crippen MR) is 69.3 cm³/mol. The Kier molecular flexibility index (Phi) is 3.81. The number of hydrogen-bond donors (Lipinski definition) is 1. The summed E-state index contributed by atoms with van der Waals surface area (Å²) in [5.41, 5.74) is 0.992. The van der Waals surface area contributed by atoms with E-state index >= 15 is 0 Å². The Hall–Kier alpha value is -2.35. The summed E-state index contributed by atoms with van der Waals surface area (Å²) in [6.45, 7) is 2.62. The topological polar surface area (TPSA) is 73.2 Å². The minimum atomic E-state index is -0.0926. The highest BCUT2D eigenvalue weighted by Gasteiger charge is 2.27. The van der Waals surface area contributed by atoms with Gasteiger partial charge in [0.2, 0.25) is 5.91 Å². The smallest absolute Gasteiger partial charge is 0.253 e. The molecule has 1 heterocycles. The van der Waals surface area contributed by atoms with Crippen LogP contribution >= 0.6 is 0 Å². The Labute approximate surface area is 111 Å². The molecule has 1 aliphatic heterocycles. The fourth-order valence-electron chi connectivity index (χ4n) is 2.25. The largest absolute Gasteiger partial charge is 0.352 e. The number of rotatable bonds is 2. The van der Waals surface area contributed by atoms with Gasteiger partial charge in [-0.2, -0.15) is 5.26 Å². The van der Waals surface area contributed by atoms with E-state index in [1.54, 1.807) is 29.2 Å². The molecule has 0 aromatic heterocycles. The quantitative estimate of drug-likeness (QED) is 0.855. The average Bonchev–Trinajstić information content (AvgIpc) is 2.85. The number of nitrogens with one attached hydrogen (secondary N) is 1. The highest BCUT2D eigenvalue weighted by Crippen LogP contribution is 2.14. The Morgan fingerprint density at radius 3 is 2.95 bits per heavy atom. The maximum Gasteiger partial charge on any atom is 0.253 e. The number of likely N-dealkylation sites (tertiary alicyclic amines) is 1. The molecule has 0 bridgehead atoms. The second-order valence-corrected chi connectivity index (χ2v) is 4.63. The third-order valence-electron chi connectivity index (χ3n) is 3.12. The van der Waals surface area contributed by atoms with E-state index in [4.69, 9.17) is 5.26 Å². The number of amides is 2. The van der Waals surface area contributed by atoms with Crippen molar-refractivity contribution in [3.63, 3.8) is 0 Å². The molecule has 0 spiro atoms. The maximum atomic E-state index is 12.3. The normalized spacial score (nSPS) is 17.9. The van der Waals surface area contributed by atoms with Gasteiger partial charge in [0.1, 0.15) is 0 Å². The zero-order valence-corrected chi connectivity index (χ0v) is 10.7. The molecule has 1 aromatic carbocycles. The number of nitrogens with zero attached hydrogens (tertiary/aromatic N) is 2. The van der Waals surface area contributed by atoms with Gasteiger partial charge in [0.25, 0.3) is 5.91 Å². The van der Waals surface area contributed by atoms with Crippen LogP contribution in [0, 0.1) is 11.3 Å². The van der Waals surface area contributed by atoms with Crippen LogP contribution in [0.3, 0.4) is 0 Å². The Balaban J connectivity index is 2.05. The number of nitriles is 1.